The van der Waals surface area contributed by atoms with Gasteiger partial charge in [-0.2, -0.15) is 0 Å². The Balaban J connectivity index is 1.24. The molecule has 4 rings (SSSR count). The van der Waals surface area contributed by atoms with Gasteiger partial charge in [0.1, 0.15) is 30.8 Å². The van der Waals surface area contributed by atoms with Gasteiger partial charge in [0, 0.05) is 13.1 Å². The minimum atomic E-state index is -0.363. The molecule has 0 aliphatic carbocycles. The van der Waals surface area contributed by atoms with Gasteiger partial charge in [0.25, 0.3) is 0 Å². The highest BCUT2D eigenvalue weighted by Gasteiger charge is 2.33. The second-order valence-corrected chi connectivity index (χ2v) is 7.26. The normalized spacial score (nSPS) is 22.9. The first-order valence-electron chi connectivity index (χ1n) is 9.61. The maximum atomic E-state index is 13.2. The number of amides is 1. The lowest BCUT2D eigenvalue weighted by Crippen LogP contribution is -2.48. The third-order valence-corrected chi connectivity index (χ3v) is 4.95. The lowest BCUT2D eigenvalue weighted by atomic mass is 10.1. The quantitative estimate of drug-likeness (QED) is 0.768. The highest BCUT2D eigenvalue weighted by Crippen LogP contribution is 2.31. The van der Waals surface area contributed by atoms with E-state index in [4.69, 9.17) is 14.2 Å². The van der Waals surface area contributed by atoms with Gasteiger partial charge in [0.2, 0.25) is 5.91 Å². The molecule has 2 heterocycles. The third-order valence-electron chi connectivity index (χ3n) is 4.95. The smallest absolute Gasteiger partial charge is 0.240 e. The maximum Gasteiger partial charge on any atom is 0.240 e. The van der Waals surface area contributed by atoms with Crippen molar-refractivity contribution in [2.75, 3.05) is 26.8 Å². The number of rotatable bonds is 6. The van der Waals surface area contributed by atoms with E-state index in [9.17, 15) is 9.18 Å². The van der Waals surface area contributed by atoms with Crippen molar-refractivity contribution in [1.82, 2.24) is 15.8 Å². The van der Waals surface area contributed by atoms with Crippen LogP contribution < -0.4 is 25.1 Å². The molecule has 1 amide bonds. The van der Waals surface area contributed by atoms with E-state index < -0.39 is 0 Å². The van der Waals surface area contributed by atoms with Crippen molar-refractivity contribution < 1.29 is 23.4 Å². The van der Waals surface area contributed by atoms with Crippen LogP contribution in [0.4, 0.5) is 4.39 Å². The van der Waals surface area contributed by atoms with Crippen LogP contribution in [0.5, 0.6) is 17.2 Å². The zero-order chi connectivity index (χ0) is 20.2. The van der Waals surface area contributed by atoms with E-state index in [-0.39, 0.29) is 29.9 Å². The van der Waals surface area contributed by atoms with Crippen molar-refractivity contribution in [1.29, 1.82) is 0 Å². The van der Waals surface area contributed by atoms with Crippen LogP contribution in [-0.2, 0) is 4.79 Å². The first-order valence-corrected chi connectivity index (χ1v) is 9.61. The standard InChI is InChI=1S/C21H24FN3O4/c1-25(11-17-13-28-19-7-2-3-8-20(19)29-17)21(26)18-10-15(23-24-18)12-27-16-6-4-5-14(22)9-16/h2-9,15,17-18,23-24H,10-13H2,1H3. The summed E-state index contributed by atoms with van der Waals surface area (Å²) in [5, 5.41) is 0. The molecule has 0 aromatic heterocycles. The van der Waals surface area contributed by atoms with E-state index >= 15 is 0 Å². The highest BCUT2D eigenvalue weighted by atomic mass is 19.1. The zero-order valence-electron chi connectivity index (χ0n) is 16.1. The number of likely N-dealkylation sites (N-methyl/N-ethyl adjacent to an activating group) is 1. The molecular formula is C21H24FN3O4. The molecule has 2 aromatic rings. The van der Waals surface area contributed by atoms with Gasteiger partial charge in [-0.1, -0.05) is 18.2 Å². The molecule has 3 unspecified atom stereocenters. The minimum Gasteiger partial charge on any atom is -0.492 e. The molecule has 1 saturated heterocycles. The van der Waals surface area contributed by atoms with Crippen LogP contribution >= 0.6 is 0 Å². The second kappa shape index (κ2) is 8.67. The Hall–Kier alpha value is -2.84. The van der Waals surface area contributed by atoms with Crippen molar-refractivity contribution >= 4 is 5.91 Å². The minimum absolute atomic E-state index is 0.0341. The third kappa shape index (κ3) is 4.78. The van der Waals surface area contributed by atoms with Crippen LogP contribution in [0, 0.1) is 5.82 Å². The number of hydrogen-bond donors (Lipinski definition) is 2. The summed E-state index contributed by atoms with van der Waals surface area (Å²) in [4.78, 5) is 14.4. The fraction of sp³-hybridized carbons (Fsp3) is 0.381. The molecule has 0 saturated carbocycles. The van der Waals surface area contributed by atoms with Crippen molar-refractivity contribution in [2.24, 2.45) is 0 Å². The van der Waals surface area contributed by atoms with Crippen LogP contribution in [0.25, 0.3) is 0 Å². The molecule has 2 aromatic carbocycles. The summed E-state index contributed by atoms with van der Waals surface area (Å²) in [6.07, 6.45) is 0.351. The molecule has 0 radical (unpaired) electrons. The van der Waals surface area contributed by atoms with Gasteiger partial charge in [-0.05, 0) is 30.7 Å². The topological polar surface area (TPSA) is 72.1 Å². The van der Waals surface area contributed by atoms with Crippen LogP contribution in [0.15, 0.2) is 48.5 Å². The molecular weight excluding hydrogens is 377 g/mol. The number of benzene rings is 2. The molecule has 7 nitrogen and oxygen atoms in total. The lowest BCUT2D eigenvalue weighted by molar-refractivity contribution is -0.133. The number of fused-ring (bicyclic) bond motifs is 1. The summed E-state index contributed by atoms with van der Waals surface area (Å²) in [6.45, 7) is 1.16. The summed E-state index contributed by atoms with van der Waals surface area (Å²) in [6, 6.07) is 13.1. The fourth-order valence-electron chi connectivity index (χ4n) is 3.46. The summed E-state index contributed by atoms with van der Waals surface area (Å²) in [5.41, 5.74) is 6.09. The predicted octanol–water partition coefficient (Wildman–Crippen LogP) is 1.74. The number of carbonyl (C=O) groups excluding carboxylic acids is 1. The first kappa shape index (κ1) is 19.5. The number of carbonyl (C=O) groups is 1. The second-order valence-electron chi connectivity index (χ2n) is 7.26. The fourth-order valence-corrected chi connectivity index (χ4v) is 3.46. The number of hydrogen-bond acceptors (Lipinski definition) is 6. The van der Waals surface area contributed by atoms with Crippen LogP contribution in [0.3, 0.4) is 0 Å². The summed E-state index contributed by atoms with van der Waals surface area (Å²) < 4.78 is 30.5. The van der Waals surface area contributed by atoms with Crippen molar-refractivity contribution in [2.45, 2.75) is 24.6 Å². The van der Waals surface area contributed by atoms with E-state index in [0.29, 0.717) is 37.7 Å². The number of hydrazine groups is 1. The highest BCUT2D eigenvalue weighted by molar-refractivity contribution is 5.82. The average Bonchev–Trinajstić information content (AvgIpc) is 3.20. The summed E-state index contributed by atoms with van der Waals surface area (Å²) >= 11 is 0. The Morgan fingerprint density at radius 3 is 2.86 bits per heavy atom. The van der Waals surface area contributed by atoms with Crippen LogP contribution in [-0.4, -0.2) is 55.8 Å². The number of nitrogens with zero attached hydrogens (tertiary/aromatic N) is 1. The van der Waals surface area contributed by atoms with Gasteiger partial charge < -0.3 is 19.1 Å². The van der Waals surface area contributed by atoms with Crippen molar-refractivity contribution in [3.63, 3.8) is 0 Å². The number of halogens is 1. The predicted molar refractivity (Wildman–Crippen MR) is 104 cm³/mol. The van der Waals surface area contributed by atoms with Gasteiger partial charge in [-0.3, -0.25) is 10.2 Å². The molecule has 0 spiro atoms. The maximum absolute atomic E-state index is 13.2. The Labute approximate surface area is 168 Å². The lowest BCUT2D eigenvalue weighted by Gasteiger charge is -2.30. The Kier molecular flexibility index (Phi) is 5.82. The molecule has 29 heavy (non-hydrogen) atoms. The Bertz CT molecular complexity index is 865. The van der Waals surface area contributed by atoms with E-state index in [1.165, 1.54) is 12.1 Å². The molecule has 2 aliphatic rings. The monoisotopic (exact) mass is 401 g/mol. The molecule has 8 heteroatoms. The Morgan fingerprint density at radius 2 is 2.03 bits per heavy atom. The molecule has 0 bridgehead atoms. The molecule has 3 atom stereocenters. The zero-order valence-corrected chi connectivity index (χ0v) is 16.1. The molecule has 154 valence electrons. The molecule has 1 fully saturated rings. The summed E-state index contributed by atoms with van der Waals surface area (Å²) in [5.74, 6) is 1.51. The van der Waals surface area contributed by atoms with Gasteiger partial charge in [0.15, 0.2) is 17.6 Å². The van der Waals surface area contributed by atoms with E-state index in [1.54, 1.807) is 24.1 Å². The Morgan fingerprint density at radius 1 is 1.21 bits per heavy atom. The SMILES string of the molecule is CN(CC1COc2ccccc2O1)C(=O)C1CC(COc2cccc(F)c2)NN1. The van der Waals surface area contributed by atoms with E-state index in [1.807, 2.05) is 24.3 Å². The first-order chi connectivity index (χ1) is 14.1. The van der Waals surface area contributed by atoms with E-state index in [2.05, 4.69) is 10.9 Å². The number of para-hydroxylation sites is 2. The van der Waals surface area contributed by atoms with Crippen LogP contribution in [0.2, 0.25) is 0 Å². The van der Waals surface area contributed by atoms with Crippen molar-refractivity contribution in [3.05, 3.63) is 54.3 Å². The van der Waals surface area contributed by atoms with Gasteiger partial charge >= 0.3 is 0 Å². The van der Waals surface area contributed by atoms with Gasteiger partial charge in [-0.25, -0.2) is 9.82 Å². The van der Waals surface area contributed by atoms with Crippen molar-refractivity contribution in [3.8, 4) is 17.2 Å². The van der Waals surface area contributed by atoms with Crippen LogP contribution in [0.1, 0.15) is 6.42 Å². The largest absolute Gasteiger partial charge is 0.492 e. The molecule has 2 aliphatic heterocycles. The number of ether oxygens (including phenoxy) is 3. The van der Waals surface area contributed by atoms with Gasteiger partial charge in [-0.15, -0.1) is 0 Å². The van der Waals surface area contributed by atoms with E-state index in [0.717, 1.165) is 5.75 Å². The summed E-state index contributed by atoms with van der Waals surface area (Å²) in [7, 11) is 1.75. The van der Waals surface area contributed by atoms with Gasteiger partial charge in [0.05, 0.1) is 12.6 Å². The number of nitrogens with one attached hydrogen (secondary N) is 2. The average molecular weight is 401 g/mol. The molecule has 2 N–H and O–H groups in total.